The molecule has 0 amide bonds. The van der Waals surface area contributed by atoms with Crippen molar-refractivity contribution < 1.29 is 4.74 Å². The fraction of sp³-hybridized carbons (Fsp3) is 0.267. The van der Waals surface area contributed by atoms with Gasteiger partial charge in [0.2, 0.25) is 0 Å². The Hall–Kier alpha value is -1.39. The number of halogens is 1. The predicted molar refractivity (Wildman–Crippen MR) is 79.9 cm³/mol. The van der Waals surface area contributed by atoms with Crippen LogP contribution in [0.25, 0.3) is 0 Å². The Kier molecular flexibility index (Phi) is 4.93. The van der Waals surface area contributed by atoms with E-state index in [-0.39, 0.29) is 6.04 Å². The Bertz CT molecular complexity index is 545. The van der Waals surface area contributed by atoms with Gasteiger partial charge in [-0.1, -0.05) is 25.1 Å². The van der Waals surface area contributed by atoms with Crippen LogP contribution in [0.3, 0.4) is 0 Å². The molecule has 19 heavy (non-hydrogen) atoms. The minimum absolute atomic E-state index is 0.0110. The molecule has 0 aliphatic rings. The van der Waals surface area contributed by atoms with Crippen LogP contribution >= 0.6 is 15.9 Å². The summed E-state index contributed by atoms with van der Waals surface area (Å²) in [5.74, 6) is 0.844. The maximum atomic E-state index is 6.09. The van der Waals surface area contributed by atoms with E-state index in [1.807, 2.05) is 30.3 Å². The summed E-state index contributed by atoms with van der Waals surface area (Å²) < 4.78 is 6.81. The molecule has 100 valence electrons. The van der Waals surface area contributed by atoms with Gasteiger partial charge < -0.3 is 10.5 Å². The van der Waals surface area contributed by atoms with Crippen molar-refractivity contribution in [1.29, 1.82) is 0 Å². The predicted octanol–water partition coefficient (Wildman–Crippen LogP) is 3.83. The van der Waals surface area contributed by atoms with Crippen molar-refractivity contribution in [3.8, 4) is 5.75 Å². The summed E-state index contributed by atoms with van der Waals surface area (Å²) in [5, 5.41) is 0. The zero-order chi connectivity index (χ0) is 13.7. The number of ether oxygens (including phenoxy) is 1. The third-order valence-corrected chi connectivity index (χ3v) is 3.35. The van der Waals surface area contributed by atoms with Crippen LogP contribution in [0, 0.1) is 0 Å². The lowest BCUT2D eigenvalue weighted by atomic mass is 10.0. The number of nitrogens with two attached hydrogens (primary N) is 1. The van der Waals surface area contributed by atoms with Crippen molar-refractivity contribution in [2.45, 2.75) is 26.0 Å². The molecule has 2 N–H and O–H groups in total. The van der Waals surface area contributed by atoms with Gasteiger partial charge in [-0.3, -0.25) is 4.98 Å². The van der Waals surface area contributed by atoms with E-state index in [2.05, 4.69) is 27.8 Å². The van der Waals surface area contributed by atoms with Crippen LogP contribution in [0.4, 0.5) is 0 Å². The van der Waals surface area contributed by atoms with Gasteiger partial charge in [0, 0.05) is 34.0 Å². The average molecular weight is 321 g/mol. The van der Waals surface area contributed by atoms with Crippen molar-refractivity contribution in [3.05, 3.63) is 58.3 Å². The van der Waals surface area contributed by atoms with Crippen molar-refractivity contribution in [1.82, 2.24) is 4.98 Å². The Morgan fingerprint density at radius 3 is 2.84 bits per heavy atom. The van der Waals surface area contributed by atoms with Gasteiger partial charge in [-0.2, -0.15) is 0 Å². The van der Waals surface area contributed by atoms with E-state index in [0.29, 0.717) is 6.61 Å². The summed E-state index contributed by atoms with van der Waals surface area (Å²) in [6, 6.07) is 9.92. The molecule has 0 fully saturated rings. The largest absolute Gasteiger partial charge is 0.489 e. The van der Waals surface area contributed by atoms with E-state index >= 15 is 0 Å². The standard InChI is InChI=1S/C15H17BrN2O/c1-2-14(17)13-5-3-4-6-15(13)19-10-11-7-12(16)9-18-8-11/h3-9,14H,2,10,17H2,1H3/t14-/m0/s1. The first kappa shape index (κ1) is 14.0. The highest BCUT2D eigenvalue weighted by atomic mass is 79.9. The molecular formula is C15H17BrN2O. The zero-order valence-electron chi connectivity index (χ0n) is 10.8. The lowest BCUT2D eigenvalue weighted by Gasteiger charge is -2.15. The van der Waals surface area contributed by atoms with Crippen molar-refractivity contribution >= 4 is 15.9 Å². The number of para-hydroxylation sites is 1. The number of rotatable bonds is 5. The van der Waals surface area contributed by atoms with E-state index in [4.69, 9.17) is 10.5 Å². The topological polar surface area (TPSA) is 48.1 Å². The Balaban J connectivity index is 2.11. The normalized spacial score (nSPS) is 12.2. The summed E-state index contributed by atoms with van der Waals surface area (Å²) in [7, 11) is 0. The van der Waals surface area contributed by atoms with Crippen LogP contribution in [0.1, 0.15) is 30.5 Å². The lowest BCUT2D eigenvalue weighted by Crippen LogP contribution is -2.10. The molecule has 0 unspecified atom stereocenters. The van der Waals surface area contributed by atoms with Gasteiger partial charge in [-0.15, -0.1) is 0 Å². The smallest absolute Gasteiger partial charge is 0.124 e. The highest BCUT2D eigenvalue weighted by molar-refractivity contribution is 9.10. The van der Waals surface area contributed by atoms with Crippen LogP contribution in [-0.2, 0) is 6.61 Å². The first-order valence-corrected chi connectivity index (χ1v) is 7.06. The van der Waals surface area contributed by atoms with Gasteiger partial charge in [-0.05, 0) is 34.5 Å². The van der Waals surface area contributed by atoms with E-state index in [0.717, 1.165) is 27.8 Å². The molecule has 1 atom stereocenters. The molecule has 0 saturated heterocycles. The minimum atomic E-state index is 0.0110. The maximum absolute atomic E-state index is 6.09. The molecule has 0 aliphatic carbocycles. The summed E-state index contributed by atoms with van der Waals surface area (Å²) >= 11 is 3.40. The molecule has 1 aromatic heterocycles. The number of aromatic nitrogens is 1. The summed E-state index contributed by atoms with van der Waals surface area (Å²) in [4.78, 5) is 4.12. The zero-order valence-corrected chi connectivity index (χ0v) is 12.4. The summed E-state index contributed by atoms with van der Waals surface area (Å²) in [6.45, 7) is 2.56. The molecule has 0 saturated carbocycles. The van der Waals surface area contributed by atoms with Crippen LogP contribution < -0.4 is 10.5 Å². The number of nitrogens with zero attached hydrogens (tertiary/aromatic N) is 1. The first-order valence-electron chi connectivity index (χ1n) is 6.27. The molecular weight excluding hydrogens is 304 g/mol. The third kappa shape index (κ3) is 3.78. The molecule has 2 rings (SSSR count). The second-order valence-electron chi connectivity index (χ2n) is 4.35. The molecule has 4 heteroatoms. The molecule has 0 spiro atoms. The maximum Gasteiger partial charge on any atom is 0.124 e. The lowest BCUT2D eigenvalue weighted by molar-refractivity contribution is 0.300. The molecule has 0 radical (unpaired) electrons. The number of benzene rings is 1. The van der Waals surface area contributed by atoms with Gasteiger partial charge in [0.25, 0.3) is 0 Å². The number of hydrogen-bond acceptors (Lipinski definition) is 3. The first-order chi connectivity index (χ1) is 9.20. The fourth-order valence-corrected chi connectivity index (χ4v) is 2.25. The molecule has 1 aromatic carbocycles. The highest BCUT2D eigenvalue weighted by Gasteiger charge is 2.09. The van der Waals surface area contributed by atoms with Gasteiger partial charge >= 0.3 is 0 Å². The van der Waals surface area contributed by atoms with Crippen LogP contribution in [0.15, 0.2) is 47.2 Å². The van der Waals surface area contributed by atoms with Gasteiger partial charge in [-0.25, -0.2) is 0 Å². The van der Waals surface area contributed by atoms with E-state index in [1.165, 1.54) is 0 Å². The van der Waals surface area contributed by atoms with Gasteiger partial charge in [0.15, 0.2) is 0 Å². The Labute approximate surface area is 121 Å². The van der Waals surface area contributed by atoms with Crippen molar-refractivity contribution in [2.24, 2.45) is 5.73 Å². The summed E-state index contributed by atoms with van der Waals surface area (Å²) in [5.41, 5.74) is 8.16. The second-order valence-corrected chi connectivity index (χ2v) is 5.27. The van der Waals surface area contributed by atoms with Crippen molar-refractivity contribution in [3.63, 3.8) is 0 Å². The third-order valence-electron chi connectivity index (χ3n) is 2.91. The van der Waals surface area contributed by atoms with Gasteiger partial charge in [0.1, 0.15) is 12.4 Å². The SMILES string of the molecule is CC[C@H](N)c1ccccc1OCc1cncc(Br)c1. The Morgan fingerprint density at radius 1 is 1.32 bits per heavy atom. The van der Waals surface area contributed by atoms with E-state index in [9.17, 15) is 0 Å². The van der Waals surface area contributed by atoms with Crippen LogP contribution in [0.5, 0.6) is 5.75 Å². The average Bonchev–Trinajstić information content (AvgIpc) is 2.45. The van der Waals surface area contributed by atoms with E-state index in [1.54, 1.807) is 12.4 Å². The molecule has 2 aromatic rings. The molecule has 1 heterocycles. The molecule has 0 bridgehead atoms. The number of pyridine rings is 1. The van der Waals surface area contributed by atoms with Crippen LogP contribution in [0.2, 0.25) is 0 Å². The van der Waals surface area contributed by atoms with Gasteiger partial charge in [0.05, 0.1) is 0 Å². The van der Waals surface area contributed by atoms with Crippen LogP contribution in [-0.4, -0.2) is 4.98 Å². The summed E-state index contributed by atoms with van der Waals surface area (Å²) in [6.07, 6.45) is 4.44. The molecule has 3 nitrogen and oxygen atoms in total. The van der Waals surface area contributed by atoms with E-state index < -0.39 is 0 Å². The second kappa shape index (κ2) is 6.68. The minimum Gasteiger partial charge on any atom is -0.489 e. The van der Waals surface area contributed by atoms with Crippen molar-refractivity contribution in [2.75, 3.05) is 0 Å². The Morgan fingerprint density at radius 2 is 2.11 bits per heavy atom. The number of hydrogen-bond donors (Lipinski definition) is 1. The molecule has 0 aliphatic heterocycles. The highest BCUT2D eigenvalue weighted by Crippen LogP contribution is 2.26. The fourth-order valence-electron chi connectivity index (χ4n) is 1.83. The monoisotopic (exact) mass is 320 g/mol. The quantitative estimate of drug-likeness (QED) is 0.910.